The number of para-hydroxylation sites is 1. The molecule has 0 saturated heterocycles. The molecule has 0 saturated carbocycles. The summed E-state index contributed by atoms with van der Waals surface area (Å²) in [5.41, 5.74) is 3.88. The normalized spacial score (nSPS) is 11.5. The molecule has 0 aliphatic heterocycles. The Labute approximate surface area is 127 Å². The summed E-state index contributed by atoms with van der Waals surface area (Å²) >= 11 is 0. The van der Waals surface area contributed by atoms with E-state index in [0.29, 0.717) is 6.01 Å². The van der Waals surface area contributed by atoms with Gasteiger partial charge >= 0.3 is 6.01 Å². The summed E-state index contributed by atoms with van der Waals surface area (Å²) in [6.45, 7) is 0. The largest absolute Gasteiger partial charge is 0.430 e. The lowest BCUT2D eigenvalue weighted by atomic mass is 10.1. The first kappa shape index (κ1) is 12.6. The Morgan fingerprint density at radius 3 is 2.73 bits per heavy atom. The highest BCUT2D eigenvalue weighted by atomic mass is 16.4. The Morgan fingerprint density at radius 1 is 1.00 bits per heavy atom. The molecular weight excluding hydrogens is 274 g/mol. The summed E-state index contributed by atoms with van der Waals surface area (Å²) in [5, 5.41) is 1.12. The SMILES string of the molecule is C(=N\c1nc(-c2c[nH]c3ccccc23)co1)/c1ccccc1. The predicted molar refractivity (Wildman–Crippen MR) is 87.5 cm³/mol. The fourth-order valence-electron chi connectivity index (χ4n) is 2.40. The molecule has 0 radical (unpaired) electrons. The highest BCUT2D eigenvalue weighted by Gasteiger charge is 2.10. The van der Waals surface area contributed by atoms with Gasteiger partial charge in [-0.25, -0.2) is 4.99 Å². The number of rotatable bonds is 3. The van der Waals surface area contributed by atoms with Gasteiger partial charge in [-0.05, 0) is 11.6 Å². The van der Waals surface area contributed by atoms with Gasteiger partial charge in [0, 0.05) is 28.9 Å². The van der Waals surface area contributed by atoms with Gasteiger partial charge in [0.15, 0.2) is 0 Å². The molecule has 4 aromatic rings. The van der Waals surface area contributed by atoms with E-state index in [0.717, 1.165) is 27.7 Å². The van der Waals surface area contributed by atoms with E-state index in [1.807, 2.05) is 54.7 Å². The zero-order valence-corrected chi connectivity index (χ0v) is 11.7. The average molecular weight is 287 g/mol. The van der Waals surface area contributed by atoms with E-state index in [2.05, 4.69) is 21.0 Å². The average Bonchev–Trinajstić information content (AvgIpc) is 3.20. The second-order valence-corrected chi connectivity index (χ2v) is 4.93. The van der Waals surface area contributed by atoms with Crippen molar-refractivity contribution in [2.75, 3.05) is 0 Å². The molecule has 2 aromatic carbocycles. The summed E-state index contributed by atoms with van der Waals surface area (Å²) in [6.07, 6.45) is 5.31. The van der Waals surface area contributed by atoms with E-state index in [1.54, 1.807) is 12.5 Å². The zero-order valence-electron chi connectivity index (χ0n) is 11.7. The van der Waals surface area contributed by atoms with E-state index < -0.39 is 0 Å². The van der Waals surface area contributed by atoms with Gasteiger partial charge in [-0.15, -0.1) is 0 Å². The molecule has 4 nitrogen and oxygen atoms in total. The molecule has 0 amide bonds. The van der Waals surface area contributed by atoms with Crippen LogP contribution in [0, 0.1) is 0 Å². The first-order valence-electron chi connectivity index (χ1n) is 7.01. The second kappa shape index (κ2) is 5.33. The summed E-state index contributed by atoms with van der Waals surface area (Å²) in [5.74, 6) is 0. The van der Waals surface area contributed by atoms with Crippen LogP contribution in [-0.4, -0.2) is 16.2 Å². The highest BCUT2D eigenvalue weighted by Crippen LogP contribution is 2.29. The van der Waals surface area contributed by atoms with E-state index >= 15 is 0 Å². The molecule has 4 rings (SSSR count). The van der Waals surface area contributed by atoms with Crippen molar-refractivity contribution in [1.82, 2.24) is 9.97 Å². The van der Waals surface area contributed by atoms with Crippen molar-refractivity contribution < 1.29 is 4.42 Å². The van der Waals surface area contributed by atoms with Crippen LogP contribution in [0.2, 0.25) is 0 Å². The maximum atomic E-state index is 5.44. The van der Waals surface area contributed by atoms with Crippen LogP contribution in [0.5, 0.6) is 0 Å². The van der Waals surface area contributed by atoms with Crippen molar-refractivity contribution in [3.8, 4) is 11.3 Å². The van der Waals surface area contributed by atoms with E-state index in [-0.39, 0.29) is 0 Å². The lowest BCUT2D eigenvalue weighted by Gasteiger charge is -1.92. The van der Waals surface area contributed by atoms with Crippen LogP contribution >= 0.6 is 0 Å². The lowest BCUT2D eigenvalue weighted by molar-refractivity contribution is 0.570. The van der Waals surface area contributed by atoms with Crippen molar-refractivity contribution >= 4 is 23.1 Å². The van der Waals surface area contributed by atoms with E-state index in [1.165, 1.54) is 0 Å². The van der Waals surface area contributed by atoms with Gasteiger partial charge in [0.1, 0.15) is 12.0 Å². The van der Waals surface area contributed by atoms with Crippen LogP contribution in [0.15, 0.2) is 76.5 Å². The summed E-state index contributed by atoms with van der Waals surface area (Å²) in [4.78, 5) is 11.9. The number of fused-ring (bicyclic) bond motifs is 1. The summed E-state index contributed by atoms with van der Waals surface area (Å²) in [7, 11) is 0. The Kier molecular flexibility index (Phi) is 3.05. The standard InChI is InChI=1S/C18H13N3O/c1-2-6-13(7-3-1)10-20-18-21-17(12-22-18)15-11-19-16-9-5-4-8-14(15)16/h1-12,19H/b20-10+. The van der Waals surface area contributed by atoms with Crippen LogP contribution < -0.4 is 0 Å². The lowest BCUT2D eigenvalue weighted by Crippen LogP contribution is -1.78. The van der Waals surface area contributed by atoms with Gasteiger partial charge in [-0.2, -0.15) is 4.98 Å². The molecule has 0 spiro atoms. The minimum atomic E-state index is 0.351. The van der Waals surface area contributed by atoms with Gasteiger partial charge in [-0.3, -0.25) is 0 Å². The third-order valence-electron chi connectivity index (χ3n) is 3.48. The molecule has 0 bridgehead atoms. The van der Waals surface area contributed by atoms with Gasteiger partial charge in [0.25, 0.3) is 0 Å². The van der Waals surface area contributed by atoms with Crippen LogP contribution in [-0.2, 0) is 0 Å². The van der Waals surface area contributed by atoms with Crippen molar-refractivity contribution in [3.05, 3.63) is 72.6 Å². The maximum Gasteiger partial charge on any atom is 0.322 e. The molecule has 0 unspecified atom stereocenters. The molecule has 106 valence electrons. The van der Waals surface area contributed by atoms with Crippen molar-refractivity contribution in [2.45, 2.75) is 0 Å². The number of aromatic amines is 1. The number of hydrogen-bond donors (Lipinski definition) is 1. The number of benzene rings is 2. The van der Waals surface area contributed by atoms with Crippen LogP contribution in [0.1, 0.15) is 5.56 Å². The van der Waals surface area contributed by atoms with Crippen LogP contribution in [0.3, 0.4) is 0 Å². The summed E-state index contributed by atoms with van der Waals surface area (Å²) in [6, 6.07) is 18.3. The topological polar surface area (TPSA) is 54.2 Å². The zero-order chi connectivity index (χ0) is 14.8. The fourth-order valence-corrected chi connectivity index (χ4v) is 2.40. The van der Waals surface area contributed by atoms with Gasteiger partial charge in [0.05, 0.1) is 0 Å². The number of nitrogens with zero attached hydrogens (tertiary/aromatic N) is 2. The number of aliphatic imine (C=N–C) groups is 1. The number of H-pyrrole nitrogens is 1. The molecular formula is C18H13N3O. The van der Waals surface area contributed by atoms with Crippen molar-refractivity contribution in [2.24, 2.45) is 4.99 Å². The molecule has 0 aliphatic rings. The molecule has 22 heavy (non-hydrogen) atoms. The Balaban J connectivity index is 1.66. The Hall–Kier alpha value is -3.14. The fraction of sp³-hybridized carbons (Fsp3) is 0. The number of nitrogens with one attached hydrogen (secondary N) is 1. The first-order chi connectivity index (χ1) is 10.9. The number of oxazole rings is 1. The Morgan fingerprint density at radius 2 is 1.82 bits per heavy atom. The van der Waals surface area contributed by atoms with Crippen LogP contribution in [0.4, 0.5) is 6.01 Å². The molecule has 0 fully saturated rings. The van der Waals surface area contributed by atoms with Crippen LogP contribution in [0.25, 0.3) is 22.2 Å². The molecule has 2 heterocycles. The van der Waals surface area contributed by atoms with Gasteiger partial charge in [0.2, 0.25) is 0 Å². The molecule has 4 heteroatoms. The highest BCUT2D eigenvalue weighted by molar-refractivity contribution is 5.94. The third-order valence-corrected chi connectivity index (χ3v) is 3.48. The van der Waals surface area contributed by atoms with Crippen molar-refractivity contribution in [3.63, 3.8) is 0 Å². The van der Waals surface area contributed by atoms with Crippen molar-refractivity contribution in [1.29, 1.82) is 0 Å². The predicted octanol–water partition coefficient (Wildman–Crippen LogP) is 4.57. The molecule has 0 aliphatic carbocycles. The smallest absolute Gasteiger partial charge is 0.322 e. The monoisotopic (exact) mass is 287 g/mol. The number of aromatic nitrogens is 2. The van der Waals surface area contributed by atoms with E-state index in [4.69, 9.17) is 4.42 Å². The first-order valence-corrected chi connectivity index (χ1v) is 7.01. The van der Waals surface area contributed by atoms with Gasteiger partial charge < -0.3 is 9.40 Å². The summed E-state index contributed by atoms with van der Waals surface area (Å²) < 4.78 is 5.44. The minimum Gasteiger partial charge on any atom is -0.430 e. The molecule has 0 atom stereocenters. The maximum absolute atomic E-state index is 5.44. The Bertz CT molecular complexity index is 935. The van der Waals surface area contributed by atoms with E-state index in [9.17, 15) is 0 Å². The third kappa shape index (κ3) is 2.31. The van der Waals surface area contributed by atoms with Gasteiger partial charge in [-0.1, -0.05) is 48.5 Å². The second-order valence-electron chi connectivity index (χ2n) is 4.93. The minimum absolute atomic E-state index is 0.351. The molecule has 1 N–H and O–H groups in total. The number of hydrogen-bond acceptors (Lipinski definition) is 3. The quantitative estimate of drug-likeness (QED) is 0.561. The molecule has 2 aromatic heterocycles.